The number of hydrogen-bond donors (Lipinski definition) is 0. The average Bonchev–Trinajstić information content (AvgIpc) is 2.74. The van der Waals surface area contributed by atoms with Gasteiger partial charge in [0, 0.05) is 40.8 Å². The molecule has 32 heavy (non-hydrogen) atoms. The van der Waals surface area contributed by atoms with Crippen molar-refractivity contribution in [1.29, 1.82) is 0 Å². The monoisotopic (exact) mass is 752 g/mol. The van der Waals surface area contributed by atoms with Crippen molar-refractivity contribution < 1.29 is 40.8 Å². The predicted molar refractivity (Wildman–Crippen MR) is 177 cm³/mol. The van der Waals surface area contributed by atoms with Gasteiger partial charge in [-0.3, -0.25) is 0 Å². The van der Waals surface area contributed by atoms with E-state index in [1.165, 1.54) is 114 Å². The van der Waals surface area contributed by atoms with Crippen LogP contribution in [0.5, 0.6) is 0 Å². The Morgan fingerprint density at radius 2 is 0.375 bits per heavy atom. The van der Waals surface area contributed by atoms with E-state index in [2.05, 4.69) is 97.0 Å². The van der Waals surface area contributed by atoms with Crippen LogP contribution in [0.3, 0.4) is 0 Å². The van der Waals surface area contributed by atoms with Crippen LogP contribution in [0.2, 0.25) is 0 Å². The molecule has 0 aliphatic rings. The quantitative estimate of drug-likeness (QED) is 0.138. The van der Waals surface area contributed by atoms with Gasteiger partial charge in [0.15, 0.2) is 0 Å². The summed E-state index contributed by atoms with van der Waals surface area (Å²) in [6, 6.07) is 0. The summed E-state index contributed by atoms with van der Waals surface area (Å²) in [5, 5.41) is 0. The van der Waals surface area contributed by atoms with Crippen LogP contribution in [0.4, 0.5) is 0 Å². The van der Waals surface area contributed by atoms with E-state index in [-0.39, 0.29) is 40.8 Å². The maximum absolute atomic E-state index is 2.70. The summed E-state index contributed by atoms with van der Waals surface area (Å²) in [5.74, 6) is 0. The van der Waals surface area contributed by atoms with Gasteiger partial charge >= 0.3 is 0 Å². The molecule has 0 aromatic heterocycles. The van der Waals surface area contributed by atoms with Crippen LogP contribution in [-0.4, -0.2) is 37.0 Å². The van der Waals surface area contributed by atoms with Crippen molar-refractivity contribution in [2.45, 2.75) is 119 Å². The van der Waals surface area contributed by atoms with Gasteiger partial charge in [-0.15, -0.1) is 55.4 Å². The van der Waals surface area contributed by atoms with Gasteiger partial charge in [-0.05, 0) is 37.0 Å². The predicted octanol–water partition coefficient (Wildman–Crippen LogP) is 9.96. The molecule has 0 aliphatic heterocycles. The third-order valence-corrected chi connectivity index (χ3v) is 5.80. The van der Waals surface area contributed by atoms with E-state index in [1.807, 2.05) is 0 Å². The zero-order chi connectivity index (χ0) is 24.7. The van der Waals surface area contributed by atoms with Gasteiger partial charge in [0.25, 0.3) is 0 Å². The Labute approximate surface area is 250 Å². The largest absolute Gasteiger partial charge is 0.138 e. The summed E-state index contributed by atoms with van der Waals surface area (Å²) in [6.07, 6.45) is 23.6. The SMILES string of the molecule is CCCCP.CCCCP.CCCCP.CCCCP.CCCCP.CCCCP.[Pd].[Pd]. The summed E-state index contributed by atoms with van der Waals surface area (Å²) in [6.45, 7) is 13.2. The zero-order valence-electron chi connectivity index (χ0n) is 22.8. The van der Waals surface area contributed by atoms with E-state index in [0.717, 1.165) is 0 Å². The van der Waals surface area contributed by atoms with E-state index >= 15 is 0 Å². The number of unbranched alkanes of at least 4 members (excludes halogenated alkanes) is 6. The fraction of sp³-hybridized carbons (Fsp3) is 1.00. The van der Waals surface area contributed by atoms with Gasteiger partial charge in [-0.25, -0.2) is 0 Å². The van der Waals surface area contributed by atoms with Crippen LogP contribution in [0.25, 0.3) is 0 Å². The van der Waals surface area contributed by atoms with Crippen LogP contribution in [0.15, 0.2) is 0 Å². The maximum atomic E-state index is 2.70. The first kappa shape index (κ1) is 56.2. The Kier molecular flexibility index (Phi) is 147. The molecule has 0 heterocycles. The molecule has 6 unspecified atom stereocenters. The first-order valence-corrected chi connectivity index (χ1v) is 17.6. The molecule has 0 amide bonds. The fourth-order valence-corrected chi connectivity index (χ4v) is 3.67. The molecule has 0 saturated carbocycles. The van der Waals surface area contributed by atoms with E-state index in [0.29, 0.717) is 0 Å². The Morgan fingerprint density at radius 1 is 0.281 bits per heavy atom. The maximum Gasteiger partial charge on any atom is 0 e. The van der Waals surface area contributed by atoms with Gasteiger partial charge in [-0.2, -0.15) is 0 Å². The van der Waals surface area contributed by atoms with Crippen LogP contribution in [0.1, 0.15) is 119 Å². The molecule has 0 N–H and O–H groups in total. The van der Waals surface area contributed by atoms with Crippen LogP contribution >= 0.6 is 55.4 Å². The Hall–Kier alpha value is 3.90. The summed E-state index contributed by atoms with van der Waals surface area (Å²) in [7, 11) is 16.2. The summed E-state index contributed by atoms with van der Waals surface area (Å²) >= 11 is 0. The zero-order valence-corrected chi connectivity index (χ0v) is 32.9. The summed E-state index contributed by atoms with van der Waals surface area (Å²) in [4.78, 5) is 0. The van der Waals surface area contributed by atoms with Gasteiger partial charge in [0.1, 0.15) is 0 Å². The van der Waals surface area contributed by atoms with Crippen molar-refractivity contribution in [3.63, 3.8) is 0 Å². The first-order chi connectivity index (χ1) is 14.5. The Balaban J connectivity index is -0.0000000356. The molecule has 0 aromatic carbocycles. The molecular weight excluding hydrogens is 687 g/mol. The molecule has 8 heteroatoms. The molecule has 0 fully saturated rings. The molecule has 6 atom stereocenters. The van der Waals surface area contributed by atoms with Crippen molar-refractivity contribution in [2.75, 3.05) is 37.0 Å². The van der Waals surface area contributed by atoms with Gasteiger partial charge in [0.05, 0.1) is 0 Å². The Morgan fingerprint density at radius 3 is 0.375 bits per heavy atom. The Bertz CT molecular complexity index is 124. The van der Waals surface area contributed by atoms with Crippen molar-refractivity contribution in [3.05, 3.63) is 0 Å². The van der Waals surface area contributed by atoms with E-state index < -0.39 is 0 Å². The van der Waals surface area contributed by atoms with Crippen LogP contribution in [-0.2, 0) is 40.8 Å². The molecule has 0 spiro atoms. The van der Waals surface area contributed by atoms with Crippen molar-refractivity contribution in [2.24, 2.45) is 0 Å². The minimum atomic E-state index is 0. The van der Waals surface area contributed by atoms with Gasteiger partial charge in [-0.1, -0.05) is 119 Å². The van der Waals surface area contributed by atoms with Gasteiger partial charge < -0.3 is 0 Å². The molecule has 0 saturated heterocycles. The minimum absolute atomic E-state index is 0. The van der Waals surface area contributed by atoms with Crippen molar-refractivity contribution in [3.8, 4) is 0 Å². The second-order valence-corrected chi connectivity index (χ2v) is 10.3. The minimum Gasteiger partial charge on any atom is -0.138 e. The standard InChI is InChI=1S/6C4H11P.2Pd/c6*1-2-3-4-5;;/h6*2-5H2,1H3;;. The van der Waals surface area contributed by atoms with E-state index in [4.69, 9.17) is 0 Å². The second-order valence-electron chi connectivity index (χ2n) is 6.85. The number of rotatable bonds is 12. The van der Waals surface area contributed by atoms with Crippen molar-refractivity contribution >= 4 is 55.4 Å². The van der Waals surface area contributed by atoms with Crippen molar-refractivity contribution in [1.82, 2.24) is 0 Å². The molecule has 212 valence electrons. The average molecular weight is 753 g/mol. The molecule has 0 nitrogen and oxygen atoms in total. The van der Waals surface area contributed by atoms with E-state index in [1.54, 1.807) is 0 Å². The van der Waals surface area contributed by atoms with E-state index in [9.17, 15) is 0 Å². The van der Waals surface area contributed by atoms with Crippen LogP contribution < -0.4 is 0 Å². The van der Waals surface area contributed by atoms with Gasteiger partial charge in [0.2, 0.25) is 0 Å². The molecule has 0 bridgehead atoms. The number of hydrogen-bond acceptors (Lipinski definition) is 0. The van der Waals surface area contributed by atoms with Crippen LogP contribution in [0, 0.1) is 0 Å². The topological polar surface area (TPSA) is 0 Å². The molecule has 0 aromatic rings. The fourth-order valence-electron chi connectivity index (χ4n) is 1.22. The summed E-state index contributed by atoms with van der Waals surface area (Å²) < 4.78 is 0. The third-order valence-electron chi connectivity index (χ3n) is 3.35. The third kappa shape index (κ3) is 145. The molecule has 0 rings (SSSR count). The molecule has 0 radical (unpaired) electrons. The summed E-state index contributed by atoms with van der Waals surface area (Å²) in [5.41, 5.74) is 0. The molecule has 0 aliphatic carbocycles. The first-order valence-electron chi connectivity index (χ1n) is 12.7. The molecular formula is C24H66P6Pd2. The smallest absolute Gasteiger partial charge is 0 e. The second kappa shape index (κ2) is 83.6. The normalized spacial score (nSPS) is 7.88.